The number of ether oxygens (including phenoxy) is 1. The number of benzene rings is 2. The number of hydrogen-bond donors (Lipinski definition) is 2. The van der Waals surface area contributed by atoms with E-state index >= 15 is 0 Å². The van der Waals surface area contributed by atoms with E-state index in [1.807, 2.05) is 24.3 Å². The Bertz CT molecular complexity index is 913. The molecule has 1 saturated heterocycles. The molecule has 1 atom stereocenters. The van der Waals surface area contributed by atoms with E-state index in [1.165, 1.54) is 25.6 Å². The van der Waals surface area contributed by atoms with Gasteiger partial charge in [0.15, 0.2) is 0 Å². The maximum atomic E-state index is 14.5. The molecule has 158 valence electrons. The van der Waals surface area contributed by atoms with Gasteiger partial charge in [0.25, 0.3) is 0 Å². The van der Waals surface area contributed by atoms with Crippen LogP contribution < -0.4 is 14.8 Å². The predicted molar refractivity (Wildman–Crippen MR) is 112 cm³/mol. The zero-order valence-corrected chi connectivity index (χ0v) is 17.6. The van der Waals surface area contributed by atoms with Crippen molar-refractivity contribution >= 4 is 15.7 Å². The Labute approximate surface area is 172 Å². The fraction of sp³-hybridized carbons (Fsp3) is 0.429. The molecule has 8 heteroatoms. The molecular formula is C21H28FN3O3S. The molecule has 0 aliphatic carbocycles. The number of nitrogens with zero attached hydrogens (tertiary/aromatic N) is 1. The number of hydrogen-bond acceptors (Lipinski definition) is 5. The lowest BCUT2D eigenvalue weighted by Gasteiger charge is -2.35. The third-order valence-electron chi connectivity index (χ3n) is 5.34. The number of sulfonamides is 1. The molecular weight excluding hydrogens is 393 g/mol. The highest BCUT2D eigenvalue weighted by molar-refractivity contribution is 7.89. The summed E-state index contributed by atoms with van der Waals surface area (Å²) < 4.78 is 45.7. The van der Waals surface area contributed by atoms with Gasteiger partial charge in [0.2, 0.25) is 10.0 Å². The maximum absolute atomic E-state index is 14.5. The first-order valence-corrected chi connectivity index (χ1v) is 11.3. The van der Waals surface area contributed by atoms with Crippen LogP contribution in [-0.2, 0) is 10.0 Å². The van der Waals surface area contributed by atoms with Crippen molar-refractivity contribution in [2.45, 2.75) is 30.2 Å². The summed E-state index contributed by atoms with van der Waals surface area (Å²) in [6, 6.07) is 12.0. The van der Waals surface area contributed by atoms with Crippen LogP contribution in [0.15, 0.2) is 47.4 Å². The molecule has 2 N–H and O–H groups in total. The van der Waals surface area contributed by atoms with Gasteiger partial charge in [0.05, 0.1) is 23.7 Å². The lowest BCUT2D eigenvalue weighted by atomic mass is 10.0. The van der Waals surface area contributed by atoms with Crippen molar-refractivity contribution in [1.29, 1.82) is 0 Å². The van der Waals surface area contributed by atoms with Crippen LogP contribution in [0.4, 0.5) is 10.1 Å². The largest absolute Gasteiger partial charge is 0.497 e. The lowest BCUT2D eigenvalue weighted by molar-refractivity contribution is 0.170. The number of nitrogens with one attached hydrogen (secondary N) is 2. The van der Waals surface area contributed by atoms with E-state index < -0.39 is 15.8 Å². The fourth-order valence-corrected chi connectivity index (χ4v) is 4.39. The molecule has 0 radical (unpaired) electrons. The number of halogens is 1. The molecule has 0 saturated carbocycles. The van der Waals surface area contributed by atoms with E-state index in [4.69, 9.17) is 4.74 Å². The van der Waals surface area contributed by atoms with Gasteiger partial charge in [0, 0.05) is 6.54 Å². The first kappa shape index (κ1) is 21.5. The first-order valence-electron chi connectivity index (χ1n) is 9.79. The van der Waals surface area contributed by atoms with E-state index in [-0.39, 0.29) is 16.6 Å². The summed E-state index contributed by atoms with van der Waals surface area (Å²) >= 11 is 0. The summed E-state index contributed by atoms with van der Waals surface area (Å²) in [5.74, 6) is 0.208. The summed E-state index contributed by atoms with van der Waals surface area (Å²) in [6.07, 6.45) is 3.53. The fourth-order valence-electron chi connectivity index (χ4n) is 3.64. The molecule has 0 bridgehead atoms. The Morgan fingerprint density at radius 2 is 1.79 bits per heavy atom. The number of rotatable bonds is 8. The predicted octanol–water partition coefficient (Wildman–Crippen LogP) is 3.38. The molecule has 2 aromatic carbocycles. The molecule has 0 amide bonds. The van der Waals surface area contributed by atoms with Gasteiger partial charge in [-0.3, -0.25) is 4.90 Å². The molecule has 1 heterocycles. The Morgan fingerprint density at radius 1 is 1.10 bits per heavy atom. The Hall–Kier alpha value is -2.16. The van der Waals surface area contributed by atoms with Crippen LogP contribution in [0.1, 0.15) is 30.9 Å². The lowest BCUT2D eigenvalue weighted by Crippen LogP contribution is -2.37. The van der Waals surface area contributed by atoms with Crippen LogP contribution in [-0.4, -0.2) is 47.1 Å². The van der Waals surface area contributed by atoms with E-state index in [0.717, 1.165) is 43.3 Å². The Morgan fingerprint density at radius 3 is 2.38 bits per heavy atom. The minimum atomic E-state index is -3.67. The van der Waals surface area contributed by atoms with E-state index in [0.29, 0.717) is 6.54 Å². The number of likely N-dealkylation sites (tertiary alicyclic amines) is 1. The van der Waals surface area contributed by atoms with Gasteiger partial charge < -0.3 is 10.1 Å². The molecule has 0 spiro atoms. The normalized spacial score (nSPS) is 16.4. The summed E-state index contributed by atoms with van der Waals surface area (Å²) in [5, 5.41) is 3.17. The van der Waals surface area contributed by atoms with Crippen molar-refractivity contribution in [3.8, 4) is 5.75 Å². The zero-order chi connectivity index (χ0) is 20.9. The smallest absolute Gasteiger partial charge is 0.240 e. The molecule has 0 unspecified atom stereocenters. The van der Waals surface area contributed by atoms with Crippen LogP contribution in [0.3, 0.4) is 0 Å². The van der Waals surface area contributed by atoms with Gasteiger partial charge in [-0.25, -0.2) is 17.5 Å². The topological polar surface area (TPSA) is 70.7 Å². The third-order valence-corrected chi connectivity index (χ3v) is 6.75. The summed E-state index contributed by atoms with van der Waals surface area (Å²) in [4.78, 5) is 2.32. The number of methoxy groups -OCH3 is 1. The minimum Gasteiger partial charge on any atom is -0.497 e. The molecule has 1 fully saturated rings. The van der Waals surface area contributed by atoms with Gasteiger partial charge in [-0.2, -0.15) is 0 Å². The third kappa shape index (κ3) is 5.26. The number of piperidine rings is 1. The highest BCUT2D eigenvalue weighted by Crippen LogP contribution is 2.28. The summed E-state index contributed by atoms with van der Waals surface area (Å²) in [6.45, 7) is 2.52. The van der Waals surface area contributed by atoms with Gasteiger partial charge in [-0.15, -0.1) is 0 Å². The monoisotopic (exact) mass is 421 g/mol. The molecule has 2 aromatic rings. The second-order valence-electron chi connectivity index (χ2n) is 7.12. The van der Waals surface area contributed by atoms with Crippen LogP contribution >= 0.6 is 0 Å². The van der Waals surface area contributed by atoms with Gasteiger partial charge in [-0.05, 0) is 68.9 Å². The van der Waals surface area contributed by atoms with Crippen molar-refractivity contribution in [2.75, 3.05) is 39.1 Å². The maximum Gasteiger partial charge on any atom is 0.240 e. The highest BCUT2D eigenvalue weighted by atomic mass is 32.2. The molecule has 1 aliphatic rings. The van der Waals surface area contributed by atoms with Crippen LogP contribution in [0.5, 0.6) is 5.75 Å². The van der Waals surface area contributed by atoms with Crippen LogP contribution in [0.25, 0.3) is 0 Å². The molecule has 1 aliphatic heterocycles. The van der Waals surface area contributed by atoms with Crippen molar-refractivity contribution < 1.29 is 17.5 Å². The summed E-state index contributed by atoms with van der Waals surface area (Å²) in [5.41, 5.74) is 1.42. The zero-order valence-electron chi connectivity index (χ0n) is 16.8. The minimum absolute atomic E-state index is 0.0846. The quantitative estimate of drug-likeness (QED) is 0.684. The van der Waals surface area contributed by atoms with Crippen LogP contribution in [0.2, 0.25) is 0 Å². The molecule has 3 rings (SSSR count). The molecule has 6 nitrogen and oxygen atoms in total. The Balaban J connectivity index is 1.79. The van der Waals surface area contributed by atoms with Gasteiger partial charge in [-0.1, -0.05) is 18.6 Å². The van der Waals surface area contributed by atoms with Gasteiger partial charge >= 0.3 is 0 Å². The first-order chi connectivity index (χ1) is 13.9. The molecule has 29 heavy (non-hydrogen) atoms. The average molecular weight is 422 g/mol. The average Bonchev–Trinajstić information content (AvgIpc) is 2.76. The van der Waals surface area contributed by atoms with E-state index in [1.54, 1.807) is 7.11 Å². The van der Waals surface area contributed by atoms with Crippen molar-refractivity contribution in [2.24, 2.45) is 0 Å². The standard InChI is InChI=1S/C21H28FN3O3S/c1-23-29(26,27)18-10-11-20(19(22)14-18)24-15-21(25-12-4-3-5-13-25)16-6-8-17(28-2)9-7-16/h6-11,14,21,23-24H,3-5,12-13,15H2,1-2H3/t21-/m1/s1. The second-order valence-corrected chi connectivity index (χ2v) is 9.00. The van der Waals surface area contributed by atoms with Crippen LogP contribution in [0, 0.1) is 5.82 Å². The number of anilines is 1. The van der Waals surface area contributed by atoms with Crippen molar-refractivity contribution in [3.05, 3.63) is 53.8 Å². The Kier molecular flexibility index (Phi) is 7.10. The van der Waals surface area contributed by atoms with Crippen molar-refractivity contribution in [1.82, 2.24) is 9.62 Å². The van der Waals surface area contributed by atoms with E-state index in [9.17, 15) is 12.8 Å². The highest BCUT2D eigenvalue weighted by Gasteiger charge is 2.23. The van der Waals surface area contributed by atoms with Gasteiger partial charge in [0.1, 0.15) is 11.6 Å². The van der Waals surface area contributed by atoms with E-state index in [2.05, 4.69) is 14.9 Å². The second kappa shape index (κ2) is 9.56. The van der Waals surface area contributed by atoms with Crippen molar-refractivity contribution in [3.63, 3.8) is 0 Å². The summed E-state index contributed by atoms with van der Waals surface area (Å²) in [7, 11) is -0.732. The SMILES string of the molecule is CNS(=O)(=O)c1ccc(NC[C@H](c2ccc(OC)cc2)N2CCCCC2)c(F)c1. The molecule has 0 aromatic heterocycles.